The standard InChI is InChI=1S/C16H24N2O/c1-16(2)10-6-9-14(16)18-15(19)13(11-17)12-7-4-3-5-8-12/h3-5,7-8,13-14H,6,9-11,17H2,1-2H3,(H,18,19). The number of nitrogens with one attached hydrogen (secondary N) is 1. The van der Waals surface area contributed by atoms with Gasteiger partial charge >= 0.3 is 0 Å². The molecule has 0 aliphatic heterocycles. The van der Waals surface area contributed by atoms with E-state index >= 15 is 0 Å². The lowest BCUT2D eigenvalue weighted by molar-refractivity contribution is -0.123. The van der Waals surface area contributed by atoms with Crippen molar-refractivity contribution in [1.29, 1.82) is 0 Å². The van der Waals surface area contributed by atoms with Crippen LogP contribution >= 0.6 is 0 Å². The van der Waals surface area contributed by atoms with Crippen molar-refractivity contribution < 1.29 is 4.79 Å². The van der Waals surface area contributed by atoms with Crippen molar-refractivity contribution in [2.45, 2.75) is 45.1 Å². The van der Waals surface area contributed by atoms with Gasteiger partial charge in [0.05, 0.1) is 5.92 Å². The van der Waals surface area contributed by atoms with E-state index in [-0.39, 0.29) is 23.3 Å². The molecular weight excluding hydrogens is 236 g/mol. The predicted octanol–water partition coefficient (Wildman–Crippen LogP) is 2.42. The summed E-state index contributed by atoms with van der Waals surface area (Å²) in [6.07, 6.45) is 3.44. The average Bonchev–Trinajstić information content (AvgIpc) is 2.71. The van der Waals surface area contributed by atoms with Crippen molar-refractivity contribution in [3.63, 3.8) is 0 Å². The van der Waals surface area contributed by atoms with Crippen LogP contribution in [0.15, 0.2) is 30.3 Å². The molecule has 3 heteroatoms. The van der Waals surface area contributed by atoms with E-state index in [0.29, 0.717) is 6.54 Å². The molecule has 3 nitrogen and oxygen atoms in total. The van der Waals surface area contributed by atoms with Gasteiger partial charge in [-0.25, -0.2) is 0 Å². The van der Waals surface area contributed by atoms with Gasteiger partial charge in [-0.3, -0.25) is 4.79 Å². The second kappa shape index (κ2) is 5.74. The first-order chi connectivity index (χ1) is 9.04. The van der Waals surface area contributed by atoms with Crippen LogP contribution in [-0.4, -0.2) is 18.5 Å². The zero-order valence-electron chi connectivity index (χ0n) is 11.9. The Hall–Kier alpha value is -1.35. The molecule has 1 amide bonds. The molecule has 1 aliphatic rings. The number of rotatable bonds is 4. The van der Waals surface area contributed by atoms with Gasteiger partial charge in [-0.15, -0.1) is 0 Å². The van der Waals surface area contributed by atoms with E-state index in [0.717, 1.165) is 12.0 Å². The molecular formula is C16H24N2O. The van der Waals surface area contributed by atoms with E-state index in [4.69, 9.17) is 5.73 Å². The number of nitrogens with two attached hydrogens (primary N) is 1. The van der Waals surface area contributed by atoms with E-state index in [1.54, 1.807) is 0 Å². The number of carbonyl (C=O) groups excluding carboxylic acids is 1. The van der Waals surface area contributed by atoms with Crippen LogP contribution < -0.4 is 11.1 Å². The minimum atomic E-state index is -0.238. The summed E-state index contributed by atoms with van der Waals surface area (Å²) in [7, 11) is 0. The monoisotopic (exact) mass is 260 g/mol. The molecule has 19 heavy (non-hydrogen) atoms. The first-order valence-electron chi connectivity index (χ1n) is 7.10. The fourth-order valence-electron chi connectivity index (χ4n) is 2.95. The maximum atomic E-state index is 12.4. The van der Waals surface area contributed by atoms with E-state index in [1.807, 2.05) is 30.3 Å². The largest absolute Gasteiger partial charge is 0.352 e. The van der Waals surface area contributed by atoms with Gasteiger partial charge in [0.2, 0.25) is 5.91 Å². The Bertz CT molecular complexity index is 428. The van der Waals surface area contributed by atoms with Crippen molar-refractivity contribution in [1.82, 2.24) is 5.32 Å². The van der Waals surface area contributed by atoms with Crippen LogP contribution in [-0.2, 0) is 4.79 Å². The normalized spacial score (nSPS) is 23.0. The van der Waals surface area contributed by atoms with Crippen molar-refractivity contribution in [3.8, 4) is 0 Å². The second-order valence-electron chi connectivity index (χ2n) is 6.14. The molecule has 0 saturated heterocycles. The van der Waals surface area contributed by atoms with Gasteiger partial charge in [0.15, 0.2) is 0 Å². The highest BCUT2D eigenvalue weighted by Gasteiger charge is 2.36. The lowest BCUT2D eigenvalue weighted by Gasteiger charge is -2.29. The minimum Gasteiger partial charge on any atom is -0.352 e. The molecule has 0 aromatic heterocycles. The summed E-state index contributed by atoms with van der Waals surface area (Å²) in [6, 6.07) is 10.1. The van der Waals surface area contributed by atoms with Gasteiger partial charge in [-0.05, 0) is 23.8 Å². The molecule has 0 bridgehead atoms. The maximum Gasteiger partial charge on any atom is 0.229 e. The highest BCUT2D eigenvalue weighted by molar-refractivity contribution is 5.84. The lowest BCUT2D eigenvalue weighted by atomic mass is 9.86. The van der Waals surface area contributed by atoms with Gasteiger partial charge in [0.1, 0.15) is 0 Å². The van der Waals surface area contributed by atoms with Crippen LogP contribution in [0, 0.1) is 5.41 Å². The molecule has 1 saturated carbocycles. The molecule has 1 fully saturated rings. The Morgan fingerprint density at radius 1 is 1.42 bits per heavy atom. The summed E-state index contributed by atoms with van der Waals surface area (Å²) in [5, 5.41) is 3.20. The van der Waals surface area contributed by atoms with E-state index in [9.17, 15) is 4.79 Å². The van der Waals surface area contributed by atoms with Gasteiger partial charge in [0, 0.05) is 12.6 Å². The van der Waals surface area contributed by atoms with Gasteiger partial charge in [0.25, 0.3) is 0 Å². The van der Waals surface area contributed by atoms with E-state index in [1.165, 1.54) is 12.8 Å². The summed E-state index contributed by atoms with van der Waals surface area (Å²) >= 11 is 0. The number of carbonyl (C=O) groups is 1. The molecule has 1 aliphatic carbocycles. The van der Waals surface area contributed by atoms with Crippen molar-refractivity contribution in [2.75, 3.05) is 6.54 Å². The first-order valence-corrected chi connectivity index (χ1v) is 7.10. The second-order valence-corrected chi connectivity index (χ2v) is 6.14. The Morgan fingerprint density at radius 3 is 2.63 bits per heavy atom. The molecule has 0 radical (unpaired) electrons. The Morgan fingerprint density at radius 2 is 2.11 bits per heavy atom. The Balaban J connectivity index is 2.06. The SMILES string of the molecule is CC1(C)CCCC1NC(=O)C(CN)c1ccccc1. The van der Waals surface area contributed by atoms with Crippen LogP contribution in [0.1, 0.15) is 44.6 Å². The van der Waals surface area contributed by atoms with E-state index < -0.39 is 0 Å². The summed E-state index contributed by atoms with van der Waals surface area (Å²) < 4.78 is 0. The molecule has 0 heterocycles. The molecule has 2 rings (SSSR count). The fourth-order valence-corrected chi connectivity index (χ4v) is 2.95. The van der Waals surface area contributed by atoms with Crippen LogP contribution in [0.25, 0.3) is 0 Å². The summed E-state index contributed by atoms with van der Waals surface area (Å²) in [5.74, 6) is -0.175. The number of hydrogen-bond donors (Lipinski definition) is 2. The zero-order valence-corrected chi connectivity index (χ0v) is 11.9. The van der Waals surface area contributed by atoms with Gasteiger partial charge in [-0.1, -0.05) is 50.6 Å². The molecule has 2 atom stereocenters. The van der Waals surface area contributed by atoms with Crippen molar-refractivity contribution in [2.24, 2.45) is 11.1 Å². The highest BCUT2D eigenvalue weighted by Crippen LogP contribution is 2.37. The summed E-state index contributed by atoms with van der Waals surface area (Å²) in [5.41, 5.74) is 6.99. The molecule has 104 valence electrons. The first kappa shape index (κ1) is 14.1. The Kier molecular flexibility index (Phi) is 4.25. The van der Waals surface area contributed by atoms with Crippen molar-refractivity contribution >= 4 is 5.91 Å². The quantitative estimate of drug-likeness (QED) is 0.873. The molecule has 0 spiro atoms. The molecule has 3 N–H and O–H groups in total. The van der Waals surface area contributed by atoms with Crippen LogP contribution in [0.2, 0.25) is 0 Å². The minimum absolute atomic E-state index is 0.0636. The third-order valence-corrected chi connectivity index (χ3v) is 4.33. The highest BCUT2D eigenvalue weighted by atomic mass is 16.2. The Labute approximate surface area is 115 Å². The summed E-state index contributed by atoms with van der Waals surface area (Å²) in [4.78, 5) is 12.4. The van der Waals surface area contributed by atoms with Gasteiger partial charge in [-0.2, -0.15) is 0 Å². The van der Waals surface area contributed by atoms with Crippen LogP contribution in [0.4, 0.5) is 0 Å². The molecule has 1 aromatic rings. The topological polar surface area (TPSA) is 55.1 Å². The van der Waals surface area contributed by atoms with Gasteiger partial charge < -0.3 is 11.1 Å². The number of benzene rings is 1. The number of amides is 1. The molecule has 2 unspecified atom stereocenters. The predicted molar refractivity (Wildman–Crippen MR) is 77.8 cm³/mol. The molecule has 1 aromatic carbocycles. The number of hydrogen-bond acceptors (Lipinski definition) is 2. The van der Waals surface area contributed by atoms with Crippen molar-refractivity contribution in [3.05, 3.63) is 35.9 Å². The lowest BCUT2D eigenvalue weighted by Crippen LogP contribution is -2.44. The summed E-state index contributed by atoms with van der Waals surface area (Å²) in [6.45, 7) is 4.80. The fraction of sp³-hybridized carbons (Fsp3) is 0.562. The maximum absolute atomic E-state index is 12.4. The zero-order chi connectivity index (χ0) is 13.9. The third-order valence-electron chi connectivity index (χ3n) is 4.33. The smallest absolute Gasteiger partial charge is 0.229 e. The van der Waals surface area contributed by atoms with Crippen LogP contribution in [0.3, 0.4) is 0 Å². The van der Waals surface area contributed by atoms with E-state index in [2.05, 4.69) is 19.2 Å². The average molecular weight is 260 g/mol. The third kappa shape index (κ3) is 3.16. The van der Waals surface area contributed by atoms with Crippen LogP contribution in [0.5, 0.6) is 0 Å².